The van der Waals surface area contributed by atoms with Crippen LogP contribution in [0.25, 0.3) is 0 Å². The van der Waals surface area contributed by atoms with E-state index in [4.69, 9.17) is 4.74 Å². The Balaban J connectivity index is 1.58. The molecular weight excluding hydrogens is 350 g/mol. The molecular formula is C23H31N3O2. The number of hydrogen-bond acceptors (Lipinski definition) is 4. The van der Waals surface area contributed by atoms with Crippen molar-refractivity contribution in [1.29, 1.82) is 0 Å². The third kappa shape index (κ3) is 5.04. The summed E-state index contributed by atoms with van der Waals surface area (Å²) < 4.78 is 5.94. The number of nitrogens with one attached hydrogen (secondary N) is 1. The number of para-hydroxylation sites is 1. The first-order valence-electron chi connectivity index (χ1n) is 10.0. The molecule has 0 saturated carbocycles. The van der Waals surface area contributed by atoms with Crippen LogP contribution in [0.15, 0.2) is 48.5 Å². The molecule has 150 valence electrons. The van der Waals surface area contributed by atoms with Gasteiger partial charge >= 0.3 is 0 Å². The smallest absolute Gasteiger partial charge is 0.265 e. The van der Waals surface area contributed by atoms with Crippen LogP contribution >= 0.6 is 0 Å². The van der Waals surface area contributed by atoms with Crippen LogP contribution in [0.5, 0.6) is 5.75 Å². The van der Waals surface area contributed by atoms with Crippen molar-refractivity contribution in [2.45, 2.75) is 32.8 Å². The molecule has 0 aliphatic carbocycles. The average Bonchev–Trinajstić information content (AvgIpc) is 2.69. The summed E-state index contributed by atoms with van der Waals surface area (Å²) in [5.41, 5.74) is 3.09. The third-order valence-corrected chi connectivity index (χ3v) is 5.22. The molecule has 1 unspecified atom stereocenters. The summed E-state index contributed by atoms with van der Waals surface area (Å²) in [5.74, 6) is 0.963. The molecule has 0 radical (unpaired) electrons. The summed E-state index contributed by atoms with van der Waals surface area (Å²) in [5, 5.41) is 2.96. The van der Waals surface area contributed by atoms with Gasteiger partial charge in [-0.05, 0) is 55.8 Å². The Morgan fingerprint density at radius 3 is 2.25 bits per heavy atom. The number of amides is 1. The lowest BCUT2D eigenvalue weighted by Crippen LogP contribution is -2.44. The van der Waals surface area contributed by atoms with Gasteiger partial charge in [0.1, 0.15) is 5.75 Å². The summed E-state index contributed by atoms with van der Waals surface area (Å²) in [4.78, 5) is 17.3. The van der Waals surface area contributed by atoms with E-state index in [2.05, 4.69) is 48.1 Å². The van der Waals surface area contributed by atoms with Crippen molar-refractivity contribution in [2.24, 2.45) is 0 Å². The summed E-state index contributed by atoms with van der Waals surface area (Å²) in [6.07, 6.45) is -0.572. The van der Waals surface area contributed by atoms with E-state index in [-0.39, 0.29) is 5.91 Å². The second-order valence-electron chi connectivity index (χ2n) is 7.78. The van der Waals surface area contributed by atoms with Crippen molar-refractivity contribution < 1.29 is 9.53 Å². The topological polar surface area (TPSA) is 44.8 Å². The van der Waals surface area contributed by atoms with Crippen LogP contribution in [0, 0.1) is 0 Å². The lowest BCUT2D eigenvalue weighted by molar-refractivity contribution is -0.122. The monoisotopic (exact) mass is 381 g/mol. The van der Waals surface area contributed by atoms with Crippen molar-refractivity contribution in [3.63, 3.8) is 0 Å². The van der Waals surface area contributed by atoms with E-state index in [1.54, 1.807) is 6.92 Å². The first kappa shape index (κ1) is 20.2. The van der Waals surface area contributed by atoms with Gasteiger partial charge in [-0.15, -0.1) is 0 Å². The average molecular weight is 382 g/mol. The van der Waals surface area contributed by atoms with E-state index in [9.17, 15) is 4.79 Å². The molecule has 1 heterocycles. The molecule has 0 spiro atoms. The highest BCUT2D eigenvalue weighted by atomic mass is 16.5. The molecule has 1 fully saturated rings. The fourth-order valence-corrected chi connectivity index (χ4v) is 3.37. The Hall–Kier alpha value is -2.53. The number of carbonyl (C=O) groups excluding carboxylic acids is 1. The van der Waals surface area contributed by atoms with Crippen LogP contribution in [-0.4, -0.2) is 50.1 Å². The van der Waals surface area contributed by atoms with Crippen LogP contribution in [0.2, 0.25) is 0 Å². The first-order valence-corrected chi connectivity index (χ1v) is 10.0. The summed E-state index contributed by atoms with van der Waals surface area (Å²) in [6.45, 7) is 10.2. The Morgan fingerprint density at radius 1 is 0.964 bits per heavy atom. The van der Waals surface area contributed by atoms with Crippen LogP contribution < -0.4 is 15.0 Å². The van der Waals surface area contributed by atoms with Gasteiger partial charge in [0.05, 0.1) is 0 Å². The number of anilines is 2. The Bertz CT molecular complexity index is 781. The number of piperazine rings is 1. The van der Waals surface area contributed by atoms with Crippen molar-refractivity contribution in [1.82, 2.24) is 4.90 Å². The summed E-state index contributed by atoms with van der Waals surface area (Å²) >= 11 is 0. The van der Waals surface area contributed by atoms with Gasteiger partial charge in [0.2, 0.25) is 0 Å². The second kappa shape index (κ2) is 9.11. The minimum absolute atomic E-state index is 0.147. The zero-order valence-corrected chi connectivity index (χ0v) is 17.3. The number of ether oxygens (including phenoxy) is 1. The van der Waals surface area contributed by atoms with Crippen LogP contribution in [0.4, 0.5) is 11.4 Å². The van der Waals surface area contributed by atoms with Crippen LogP contribution in [-0.2, 0) is 4.79 Å². The maximum absolute atomic E-state index is 12.6. The lowest BCUT2D eigenvalue weighted by Gasteiger charge is -2.34. The molecule has 1 N–H and O–H groups in total. The number of rotatable bonds is 6. The molecule has 5 nitrogen and oxygen atoms in total. The van der Waals surface area contributed by atoms with Gasteiger partial charge in [-0.3, -0.25) is 4.79 Å². The van der Waals surface area contributed by atoms with E-state index < -0.39 is 6.10 Å². The van der Waals surface area contributed by atoms with Gasteiger partial charge in [-0.2, -0.15) is 0 Å². The van der Waals surface area contributed by atoms with Gasteiger partial charge in [0, 0.05) is 37.6 Å². The number of benzene rings is 2. The largest absolute Gasteiger partial charge is 0.481 e. The van der Waals surface area contributed by atoms with E-state index in [0.29, 0.717) is 5.92 Å². The molecule has 2 aromatic carbocycles. The van der Waals surface area contributed by atoms with Crippen molar-refractivity contribution in [2.75, 3.05) is 43.4 Å². The Labute approximate surface area is 168 Å². The van der Waals surface area contributed by atoms with E-state index in [0.717, 1.165) is 43.2 Å². The molecule has 2 aromatic rings. The zero-order valence-electron chi connectivity index (χ0n) is 17.3. The highest BCUT2D eigenvalue weighted by molar-refractivity contribution is 5.94. The SMILES string of the molecule is CC(Oc1ccccc1C(C)C)C(=O)Nc1ccc(N2CCN(C)CC2)cc1. The minimum Gasteiger partial charge on any atom is -0.481 e. The molecule has 1 amide bonds. The van der Waals surface area contributed by atoms with E-state index in [1.807, 2.05) is 36.4 Å². The maximum atomic E-state index is 12.6. The number of carbonyl (C=O) groups is 1. The van der Waals surface area contributed by atoms with Crippen molar-refractivity contribution in [3.05, 3.63) is 54.1 Å². The predicted molar refractivity (Wildman–Crippen MR) is 115 cm³/mol. The molecule has 5 heteroatoms. The molecule has 1 atom stereocenters. The first-order chi connectivity index (χ1) is 13.4. The quantitative estimate of drug-likeness (QED) is 0.822. The standard InChI is InChI=1S/C23H31N3O2/c1-17(2)21-7-5-6-8-22(21)28-18(3)23(27)24-19-9-11-20(12-10-19)26-15-13-25(4)14-16-26/h5-12,17-18H,13-16H2,1-4H3,(H,24,27). The summed E-state index contributed by atoms with van der Waals surface area (Å²) in [7, 11) is 2.15. The number of hydrogen-bond donors (Lipinski definition) is 1. The highest BCUT2D eigenvalue weighted by Gasteiger charge is 2.18. The van der Waals surface area contributed by atoms with Gasteiger partial charge in [-0.1, -0.05) is 32.0 Å². The van der Waals surface area contributed by atoms with Gasteiger partial charge in [-0.25, -0.2) is 0 Å². The van der Waals surface area contributed by atoms with Crippen molar-refractivity contribution in [3.8, 4) is 5.75 Å². The minimum atomic E-state index is -0.572. The molecule has 0 bridgehead atoms. The van der Waals surface area contributed by atoms with Crippen LogP contribution in [0.1, 0.15) is 32.3 Å². The number of nitrogens with zero attached hydrogens (tertiary/aromatic N) is 2. The molecule has 1 saturated heterocycles. The maximum Gasteiger partial charge on any atom is 0.265 e. The molecule has 3 rings (SSSR count). The Kier molecular flexibility index (Phi) is 6.57. The van der Waals surface area contributed by atoms with Gasteiger partial charge in [0.15, 0.2) is 6.10 Å². The molecule has 0 aromatic heterocycles. The Morgan fingerprint density at radius 2 is 1.61 bits per heavy atom. The van der Waals surface area contributed by atoms with Crippen molar-refractivity contribution >= 4 is 17.3 Å². The van der Waals surface area contributed by atoms with E-state index >= 15 is 0 Å². The van der Waals surface area contributed by atoms with E-state index in [1.165, 1.54) is 5.69 Å². The predicted octanol–water partition coefficient (Wildman–Crippen LogP) is 3.97. The number of likely N-dealkylation sites (N-methyl/N-ethyl adjacent to an activating group) is 1. The van der Waals surface area contributed by atoms with Gasteiger partial charge < -0.3 is 19.9 Å². The normalized spacial score (nSPS) is 16.1. The molecule has 1 aliphatic heterocycles. The summed E-state index contributed by atoms with van der Waals surface area (Å²) in [6, 6.07) is 15.9. The fourth-order valence-electron chi connectivity index (χ4n) is 3.37. The second-order valence-corrected chi connectivity index (χ2v) is 7.78. The third-order valence-electron chi connectivity index (χ3n) is 5.22. The molecule has 28 heavy (non-hydrogen) atoms. The lowest BCUT2D eigenvalue weighted by atomic mass is 10.0. The van der Waals surface area contributed by atoms with Gasteiger partial charge in [0.25, 0.3) is 5.91 Å². The molecule has 1 aliphatic rings. The van der Waals surface area contributed by atoms with Crippen LogP contribution in [0.3, 0.4) is 0 Å². The zero-order chi connectivity index (χ0) is 20.1. The highest BCUT2D eigenvalue weighted by Crippen LogP contribution is 2.27. The fraction of sp³-hybridized carbons (Fsp3) is 0.435.